The van der Waals surface area contributed by atoms with Gasteiger partial charge in [-0.2, -0.15) is 0 Å². The van der Waals surface area contributed by atoms with Crippen LogP contribution >= 0.6 is 0 Å². The largest absolute Gasteiger partial charge is 0.462 e. The molecule has 0 aromatic carbocycles. The second kappa shape index (κ2) is 46.1. The van der Waals surface area contributed by atoms with Crippen LogP contribution in [-0.2, 0) is 38.0 Å². The summed E-state index contributed by atoms with van der Waals surface area (Å²) in [6.07, 6.45) is 38.6. The van der Waals surface area contributed by atoms with Gasteiger partial charge < -0.3 is 64.2 Å². The Morgan fingerprint density at radius 3 is 1.27 bits per heavy atom. The number of unbranched alkanes of at least 4 members (excludes halogenated alkanes) is 23. The van der Waals surface area contributed by atoms with E-state index in [0.29, 0.717) is 12.8 Å². The van der Waals surface area contributed by atoms with Gasteiger partial charge in [-0.25, -0.2) is 0 Å². The van der Waals surface area contributed by atoms with Crippen LogP contribution in [-0.4, -0.2) is 142 Å². The van der Waals surface area contributed by atoms with Crippen molar-refractivity contribution in [1.29, 1.82) is 0 Å². The van der Waals surface area contributed by atoms with E-state index in [1.165, 1.54) is 128 Å². The molecule has 2 rings (SSSR count). The Bertz CT molecular complexity index is 1530. The smallest absolute Gasteiger partial charge is 0.310 e. The van der Waals surface area contributed by atoms with Crippen LogP contribution in [0.5, 0.6) is 0 Å². The van der Waals surface area contributed by atoms with Gasteiger partial charge in [0.05, 0.1) is 26.2 Å². The van der Waals surface area contributed by atoms with Crippen molar-refractivity contribution in [2.75, 3.05) is 26.4 Å². The third-order valence-corrected chi connectivity index (χ3v) is 13.8. The van der Waals surface area contributed by atoms with Gasteiger partial charge in [0.1, 0.15) is 55.4 Å². The molecule has 2 heterocycles. The minimum atomic E-state index is -1.78. The van der Waals surface area contributed by atoms with Crippen LogP contribution in [0.1, 0.15) is 213 Å². The molecule has 75 heavy (non-hydrogen) atoms. The van der Waals surface area contributed by atoms with E-state index in [0.717, 1.165) is 44.9 Å². The first-order valence-electron chi connectivity index (χ1n) is 29.4. The van der Waals surface area contributed by atoms with Crippen molar-refractivity contribution in [2.24, 2.45) is 0 Å². The Kier molecular flexibility index (Phi) is 42.0. The van der Waals surface area contributed by atoms with Gasteiger partial charge in [0.25, 0.3) is 0 Å². The highest BCUT2D eigenvalue weighted by Gasteiger charge is 2.47. The van der Waals surface area contributed by atoms with E-state index in [4.69, 9.17) is 28.4 Å². The highest BCUT2D eigenvalue weighted by Crippen LogP contribution is 2.27. The summed E-state index contributed by atoms with van der Waals surface area (Å²) in [7, 11) is 0. The molecule has 0 aromatic rings. The SMILES string of the molecule is CC/C=C\C/C=C\C/C=C\C/C=C\C/C=C\CC(=O)OC(COC(=O)CCCCCCCCCCCCCCCCCCCCCCCCCC)COC1OC(COC2OC(CO)C(O)C(O)C2O)C(O)C(O)C1O. The fourth-order valence-electron chi connectivity index (χ4n) is 9.06. The van der Waals surface area contributed by atoms with E-state index >= 15 is 0 Å². The number of carbonyl (C=O) groups excluding carboxylic acids is 2. The van der Waals surface area contributed by atoms with Crippen LogP contribution in [0.4, 0.5) is 0 Å². The van der Waals surface area contributed by atoms with E-state index in [-0.39, 0.29) is 19.4 Å². The van der Waals surface area contributed by atoms with Gasteiger partial charge in [0, 0.05) is 6.42 Å². The van der Waals surface area contributed by atoms with Crippen LogP contribution in [0.15, 0.2) is 60.8 Å². The third kappa shape index (κ3) is 33.3. The summed E-state index contributed by atoms with van der Waals surface area (Å²) >= 11 is 0. The zero-order valence-electron chi connectivity index (χ0n) is 46.3. The van der Waals surface area contributed by atoms with E-state index in [2.05, 4.69) is 50.3 Å². The number of aliphatic hydroxyl groups excluding tert-OH is 7. The summed E-state index contributed by atoms with van der Waals surface area (Å²) in [6.45, 7) is 2.40. The zero-order chi connectivity index (χ0) is 54.6. The molecule has 0 radical (unpaired) electrons. The predicted octanol–water partition coefficient (Wildman–Crippen LogP) is 10.00. The minimum absolute atomic E-state index is 0.0671. The van der Waals surface area contributed by atoms with Gasteiger partial charge in [-0.15, -0.1) is 0 Å². The van der Waals surface area contributed by atoms with Gasteiger partial charge >= 0.3 is 11.9 Å². The molecule has 15 nitrogen and oxygen atoms in total. The summed E-state index contributed by atoms with van der Waals surface area (Å²) in [5.41, 5.74) is 0. The van der Waals surface area contributed by atoms with Gasteiger partial charge in [-0.1, -0.05) is 222 Å². The predicted molar refractivity (Wildman–Crippen MR) is 293 cm³/mol. The Labute approximate surface area is 451 Å². The third-order valence-electron chi connectivity index (χ3n) is 13.8. The monoisotopic (exact) mass is 1060 g/mol. The normalized spacial score (nSPS) is 24.9. The highest BCUT2D eigenvalue weighted by molar-refractivity contribution is 5.71. The minimum Gasteiger partial charge on any atom is -0.462 e. The first kappa shape index (κ1) is 68.3. The first-order chi connectivity index (χ1) is 36.5. The van der Waals surface area contributed by atoms with E-state index in [1.54, 1.807) is 6.08 Å². The molecule has 2 aliphatic heterocycles. The molecule has 15 heteroatoms. The second-order valence-corrected chi connectivity index (χ2v) is 20.5. The lowest BCUT2D eigenvalue weighted by molar-refractivity contribution is -0.332. The summed E-state index contributed by atoms with van der Waals surface area (Å²) in [4.78, 5) is 25.8. The summed E-state index contributed by atoms with van der Waals surface area (Å²) in [5.74, 6) is -1.07. The van der Waals surface area contributed by atoms with Gasteiger partial charge in [-0.3, -0.25) is 9.59 Å². The quantitative estimate of drug-likeness (QED) is 0.0171. The van der Waals surface area contributed by atoms with Crippen molar-refractivity contribution in [2.45, 2.75) is 280 Å². The standard InChI is InChI=1S/C60H104O15/c1-3-5-7-9-11-13-15-17-19-20-21-22-23-24-25-26-27-29-30-32-34-36-38-40-42-51(62)70-45-48(73-52(63)43-41-39-37-35-33-31-28-18-16-14-12-10-8-6-4-2)46-71-59-58(69)56(67)54(65)50(75-59)47-72-60-57(68)55(66)53(64)49(44-61)74-60/h6,8,12,14,18,28,33,35,39,41,48-50,53-61,64-69H,3-5,7,9-11,13,15-17,19-27,29-32,34,36-38,40,42-47H2,1-2H3/b8-6-,14-12-,28-18-,35-33-,41-39-. The first-order valence-corrected chi connectivity index (χ1v) is 29.4. The van der Waals surface area contributed by atoms with Crippen molar-refractivity contribution in [3.63, 3.8) is 0 Å². The molecule has 0 aliphatic carbocycles. The van der Waals surface area contributed by atoms with Gasteiger partial charge in [0.2, 0.25) is 0 Å². The molecule has 434 valence electrons. The Balaban J connectivity index is 1.74. The lowest BCUT2D eigenvalue weighted by Gasteiger charge is -2.42. The number of hydrogen-bond donors (Lipinski definition) is 7. The Morgan fingerprint density at radius 2 is 0.827 bits per heavy atom. The molecule has 0 spiro atoms. The maximum absolute atomic E-state index is 13.0. The second-order valence-electron chi connectivity index (χ2n) is 20.5. The van der Waals surface area contributed by atoms with Crippen LogP contribution in [0.2, 0.25) is 0 Å². The molecular weight excluding hydrogens is 961 g/mol. The van der Waals surface area contributed by atoms with Crippen molar-refractivity contribution in [3.8, 4) is 0 Å². The maximum atomic E-state index is 13.0. The number of carbonyl (C=O) groups is 2. The van der Waals surface area contributed by atoms with Gasteiger partial charge in [-0.05, 0) is 38.5 Å². The van der Waals surface area contributed by atoms with Crippen LogP contribution in [0, 0.1) is 0 Å². The zero-order valence-corrected chi connectivity index (χ0v) is 46.3. The fraction of sp³-hybridized carbons (Fsp3) is 0.800. The number of ether oxygens (including phenoxy) is 6. The van der Waals surface area contributed by atoms with Crippen LogP contribution in [0.3, 0.4) is 0 Å². The Morgan fingerprint density at radius 1 is 0.440 bits per heavy atom. The molecule has 0 aromatic heterocycles. The number of aliphatic hydroxyl groups is 7. The molecule has 2 saturated heterocycles. The summed E-state index contributed by atoms with van der Waals surface area (Å²) < 4.78 is 33.5. The van der Waals surface area contributed by atoms with Crippen molar-refractivity contribution in [3.05, 3.63) is 60.8 Å². The molecular formula is C60H104O15. The summed E-state index contributed by atoms with van der Waals surface area (Å²) in [6, 6.07) is 0. The van der Waals surface area contributed by atoms with Crippen LogP contribution < -0.4 is 0 Å². The van der Waals surface area contributed by atoms with E-state index in [9.17, 15) is 45.3 Å². The van der Waals surface area contributed by atoms with Gasteiger partial charge in [0.15, 0.2) is 18.7 Å². The van der Waals surface area contributed by atoms with E-state index < -0.39 is 99.3 Å². The summed E-state index contributed by atoms with van der Waals surface area (Å²) in [5, 5.41) is 72.2. The molecule has 0 bridgehead atoms. The van der Waals surface area contributed by atoms with Crippen molar-refractivity contribution in [1.82, 2.24) is 0 Å². The number of allylic oxidation sites excluding steroid dienone is 9. The lowest BCUT2D eigenvalue weighted by Crippen LogP contribution is -2.61. The van der Waals surface area contributed by atoms with E-state index in [1.807, 2.05) is 18.2 Å². The lowest BCUT2D eigenvalue weighted by atomic mass is 9.98. The molecule has 2 fully saturated rings. The molecule has 0 saturated carbocycles. The number of hydrogen-bond acceptors (Lipinski definition) is 15. The number of rotatable bonds is 46. The Hall–Kier alpha value is -2.80. The fourth-order valence-corrected chi connectivity index (χ4v) is 9.06. The maximum Gasteiger partial charge on any atom is 0.310 e. The average molecular weight is 1070 g/mol. The highest BCUT2D eigenvalue weighted by atomic mass is 16.7. The molecule has 2 aliphatic rings. The van der Waals surface area contributed by atoms with Crippen LogP contribution in [0.25, 0.3) is 0 Å². The molecule has 0 amide bonds. The number of esters is 2. The van der Waals surface area contributed by atoms with Crippen molar-refractivity contribution >= 4 is 11.9 Å². The topological polar surface area (TPSA) is 231 Å². The molecule has 11 atom stereocenters. The molecule has 11 unspecified atom stereocenters. The average Bonchev–Trinajstić information content (AvgIpc) is 3.40. The van der Waals surface area contributed by atoms with Crippen molar-refractivity contribution < 1.29 is 73.8 Å². The molecule has 7 N–H and O–H groups in total.